The van der Waals surface area contributed by atoms with Gasteiger partial charge in [0.15, 0.2) is 0 Å². The number of ether oxygens (including phenoxy) is 1. The molecule has 0 atom stereocenters. The third-order valence-corrected chi connectivity index (χ3v) is 2.35. The molecule has 0 heterocycles. The van der Waals surface area contributed by atoms with Gasteiger partial charge in [0.2, 0.25) is 0 Å². The summed E-state index contributed by atoms with van der Waals surface area (Å²) in [5.41, 5.74) is 2.42. The van der Waals surface area contributed by atoms with Crippen molar-refractivity contribution in [2.24, 2.45) is 0 Å². The Morgan fingerprint density at radius 1 is 0.812 bits per heavy atom. The SMILES string of the molecule is [CH](COCc1ccccc1)c1ccccc1. The van der Waals surface area contributed by atoms with Gasteiger partial charge in [0.25, 0.3) is 0 Å². The Balaban J connectivity index is 1.70. The summed E-state index contributed by atoms with van der Waals surface area (Å²) in [5.74, 6) is 0. The predicted molar refractivity (Wildman–Crippen MR) is 65.9 cm³/mol. The first-order valence-electron chi connectivity index (χ1n) is 5.45. The molecule has 0 aliphatic heterocycles. The van der Waals surface area contributed by atoms with E-state index in [9.17, 15) is 0 Å². The molecule has 0 aromatic heterocycles. The monoisotopic (exact) mass is 211 g/mol. The van der Waals surface area contributed by atoms with Crippen molar-refractivity contribution < 1.29 is 4.74 Å². The Morgan fingerprint density at radius 3 is 2.12 bits per heavy atom. The second-order valence-corrected chi connectivity index (χ2v) is 3.62. The molecule has 1 heteroatoms. The van der Waals surface area contributed by atoms with E-state index in [4.69, 9.17) is 4.74 Å². The number of hydrogen-bond acceptors (Lipinski definition) is 1. The second-order valence-electron chi connectivity index (χ2n) is 3.62. The standard InChI is InChI=1S/C15H15O/c1-3-7-14(8-4-1)11-12-16-13-15-9-5-2-6-10-15/h1-11H,12-13H2. The fraction of sp³-hybridized carbons (Fsp3) is 0.133. The molecule has 0 aliphatic rings. The van der Waals surface area contributed by atoms with Gasteiger partial charge in [0.1, 0.15) is 0 Å². The van der Waals surface area contributed by atoms with Crippen LogP contribution in [-0.4, -0.2) is 6.61 Å². The van der Waals surface area contributed by atoms with Gasteiger partial charge in [0.05, 0.1) is 13.2 Å². The Kier molecular flexibility index (Phi) is 4.15. The maximum atomic E-state index is 5.57. The van der Waals surface area contributed by atoms with Crippen molar-refractivity contribution in [2.75, 3.05) is 6.61 Å². The van der Waals surface area contributed by atoms with Crippen LogP contribution in [0.2, 0.25) is 0 Å². The Hall–Kier alpha value is -1.60. The summed E-state index contributed by atoms with van der Waals surface area (Å²) in [6.45, 7) is 1.32. The normalized spacial score (nSPS) is 10.2. The van der Waals surface area contributed by atoms with E-state index >= 15 is 0 Å². The molecular weight excluding hydrogens is 196 g/mol. The molecule has 2 rings (SSSR count). The first kappa shape index (κ1) is 10.9. The lowest BCUT2D eigenvalue weighted by Crippen LogP contribution is -1.96. The van der Waals surface area contributed by atoms with Gasteiger partial charge >= 0.3 is 0 Å². The minimum absolute atomic E-state index is 0.652. The van der Waals surface area contributed by atoms with Crippen molar-refractivity contribution in [3.05, 3.63) is 78.2 Å². The van der Waals surface area contributed by atoms with E-state index in [-0.39, 0.29) is 0 Å². The van der Waals surface area contributed by atoms with Gasteiger partial charge in [-0.05, 0) is 11.1 Å². The van der Waals surface area contributed by atoms with Crippen molar-refractivity contribution in [3.63, 3.8) is 0 Å². The molecule has 1 nitrogen and oxygen atoms in total. The molecule has 0 saturated carbocycles. The lowest BCUT2D eigenvalue weighted by Gasteiger charge is -2.04. The number of hydrogen-bond donors (Lipinski definition) is 0. The summed E-state index contributed by atoms with van der Waals surface area (Å²) >= 11 is 0. The van der Waals surface area contributed by atoms with E-state index in [0.29, 0.717) is 13.2 Å². The van der Waals surface area contributed by atoms with Gasteiger partial charge in [-0.15, -0.1) is 0 Å². The van der Waals surface area contributed by atoms with E-state index in [1.165, 1.54) is 11.1 Å². The average molecular weight is 211 g/mol. The minimum atomic E-state index is 0.652. The van der Waals surface area contributed by atoms with Crippen LogP contribution in [0.4, 0.5) is 0 Å². The smallest absolute Gasteiger partial charge is 0.0717 e. The van der Waals surface area contributed by atoms with Gasteiger partial charge in [-0.1, -0.05) is 60.7 Å². The molecule has 0 bridgehead atoms. The fourth-order valence-corrected chi connectivity index (χ4v) is 1.50. The quantitative estimate of drug-likeness (QED) is 0.688. The lowest BCUT2D eigenvalue weighted by atomic mass is 10.2. The van der Waals surface area contributed by atoms with Crippen molar-refractivity contribution in [1.82, 2.24) is 0 Å². The van der Waals surface area contributed by atoms with E-state index in [1.54, 1.807) is 0 Å². The Bertz CT molecular complexity index is 353. The van der Waals surface area contributed by atoms with Crippen LogP contribution in [0.5, 0.6) is 0 Å². The van der Waals surface area contributed by atoms with E-state index in [0.717, 1.165) is 0 Å². The third kappa shape index (κ3) is 3.52. The van der Waals surface area contributed by atoms with Crippen LogP contribution in [0.3, 0.4) is 0 Å². The molecule has 81 valence electrons. The largest absolute Gasteiger partial charge is 0.376 e. The highest BCUT2D eigenvalue weighted by Gasteiger charge is 1.94. The molecule has 0 fully saturated rings. The molecule has 0 N–H and O–H groups in total. The molecule has 0 aliphatic carbocycles. The third-order valence-electron chi connectivity index (χ3n) is 2.35. The highest BCUT2D eigenvalue weighted by molar-refractivity contribution is 5.22. The van der Waals surface area contributed by atoms with E-state index in [2.05, 4.69) is 30.7 Å². The highest BCUT2D eigenvalue weighted by atomic mass is 16.5. The minimum Gasteiger partial charge on any atom is -0.376 e. The van der Waals surface area contributed by atoms with Gasteiger partial charge in [0, 0.05) is 6.42 Å². The predicted octanol–water partition coefficient (Wildman–Crippen LogP) is 3.46. The summed E-state index contributed by atoms with van der Waals surface area (Å²) in [4.78, 5) is 0. The van der Waals surface area contributed by atoms with Gasteiger partial charge in [-0.25, -0.2) is 0 Å². The molecule has 0 amide bonds. The maximum absolute atomic E-state index is 5.57. The van der Waals surface area contributed by atoms with Crippen molar-refractivity contribution >= 4 is 0 Å². The summed E-state index contributed by atoms with van der Waals surface area (Å²) in [6, 6.07) is 20.4. The maximum Gasteiger partial charge on any atom is 0.0717 e. The van der Waals surface area contributed by atoms with Crippen LogP contribution >= 0.6 is 0 Å². The number of rotatable bonds is 5. The van der Waals surface area contributed by atoms with Crippen molar-refractivity contribution in [2.45, 2.75) is 6.61 Å². The molecule has 0 unspecified atom stereocenters. The molecule has 0 saturated heterocycles. The van der Waals surface area contributed by atoms with Crippen LogP contribution in [0, 0.1) is 6.42 Å². The molecule has 1 radical (unpaired) electrons. The van der Waals surface area contributed by atoms with Crippen LogP contribution in [0.1, 0.15) is 11.1 Å². The first-order chi connectivity index (χ1) is 7.95. The number of benzene rings is 2. The second kappa shape index (κ2) is 6.09. The Morgan fingerprint density at radius 2 is 1.44 bits per heavy atom. The van der Waals surface area contributed by atoms with Crippen molar-refractivity contribution in [1.29, 1.82) is 0 Å². The average Bonchev–Trinajstić information content (AvgIpc) is 2.37. The molecule has 2 aromatic rings. The van der Waals surface area contributed by atoms with E-state index < -0.39 is 0 Å². The summed E-state index contributed by atoms with van der Waals surface area (Å²) < 4.78 is 5.57. The summed E-state index contributed by atoms with van der Waals surface area (Å²) in [5, 5.41) is 0. The molecule has 0 spiro atoms. The van der Waals surface area contributed by atoms with Crippen molar-refractivity contribution in [3.8, 4) is 0 Å². The zero-order chi connectivity index (χ0) is 11.1. The van der Waals surface area contributed by atoms with Gasteiger partial charge in [-0.2, -0.15) is 0 Å². The fourth-order valence-electron chi connectivity index (χ4n) is 1.50. The lowest BCUT2D eigenvalue weighted by molar-refractivity contribution is 0.142. The molecule has 2 aromatic carbocycles. The summed E-state index contributed by atoms with van der Waals surface area (Å²) in [7, 11) is 0. The Labute approximate surface area is 96.7 Å². The zero-order valence-corrected chi connectivity index (χ0v) is 9.17. The first-order valence-corrected chi connectivity index (χ1v) is 5.45. The van der Waals surface area contributed by atoms with Gasteiger partial charge < -0.3 is 4.74 Å². The highest BCUT2D eigenvalue weighted by Crippen LogP contribution is 2.04. The molecular formula is C15H15O. The van der Waals surface area contributed by atoms with Crippen LogP contribution in [0.15, 0.2) is 60.7 Å². The van der Waals surface area contributed by atoms with Gasteiger partial charge in [-0.3, -0.25) is 0 Å². The van der Waals surface area contributed by atoms with E-state index in [1.807, 2.05) is 36.4 Å². The van der Waals surface area contributed by atoms with Crippen LogP contribution in [-0.2, 0) is 11.3 Å². The molecule has 16 heavy (non-hydrogen) atoms. The van der Waals surface area contributed by atoms with Crippen LogP contribution < -0.4 is 0 Å². The zero-order valence-electron chi connectivity index (χ0n) is 9.17. The summed E-state index contributed by atoms with van der Waals surface area (Å²) in [6.07, 6.45) is 2.09. The van der Waals surface area contributed by atoms with Crippen LogP contribution in [0.25, 0.3) is 0 Å². The topological polar surface area (TPSA) is 9.23 Å².